The molecule has 0 amide bonds. The van der Waals surface area contributed by atoms with Crippen molar-refractivity contribution in [2.24, 2.45) is 0 Å². The molecule has 13 heavy (non-hydrogen) atoms. The Morgan fingerprint density at radius 3 is 2.23 bits per heavy atom. The molecule has 0 atom stereocenters. The summed E-state index contributed by atoms with van der Waals surface area (Å²) in [6, 6.07) is 7.36. The molecule has 0 aliphatic rings. The summed E-state index contributed by atoms with van der Waals surface area (Å²) in [6.07, 6.45) is 0.235. The van der Waals surface area contributed by atoms with Crippen molar-refractivity contribution in [2.75, 3.05) is 5.75 Å². The minimum Gasteiger partial charge on any atom is -0.195 e. The van der Waals surface area contributed by atoms with Crippen LogP contribution in [0, 0.1) is 6.92 Å². The topological polar surface area (TPSA) is 34.1 Å². The number of rotatable bonds is 3. The lowest BCUT2D eigenvalue weighted by Crippen LogP contribution is -2.01. The minimum absolute atomic E-state index is 0.235. The van der Waals surface area contributed by atoms with E-state index < -0.39 is 16.0 Å². The highest BCUT2D eigenvalue weighted by Gasteiger charge is 2.06. The second-order valence-corrected chi connectivity index (χ2v) is 4.46. The van der Waals surface area contributed by atoms with Crippen LogP contribution in [0.4, 0.5) is 3.89 Å². The second kappa shape index (κ2) is 3.87. The molecule has 0 aliphatic heterocycles. The van der Waals surface area contributed by atoms with Crippen LogP contribution in [-0.2, 0) is 16.6 Å². The zero-order valence-electron chi connectivity index (χ0n) is 7.33. The number of hydrogen-bond acceptors (Lipinski definition) is 2. The van der Waals surface area contributed by atoms with E-state index in [1.807, 2.05) is 19.1 Å². The van der Waals surface area contributed by atoms with E-state index in [4.69, 9.17) is 0 Å². The van der Waals surface area contributed by atoms with E-state index in [1.54, 1.807) is 12.1 Å². The Labute approximate surface area is 77.6 Å². The zero-order chi connectivity index (χ0) is 9.90. The molecule has 1 aromatic carbocycles. The van der Waals surface area contributed by atoms with E-state index in [-0.39, 0.29) is 6.42 Å². The van der Waals surface area contributed by atoms with Crippen molar-refractivity contribution in [3.63, 3.8) is 0 Å². The predicted molar refractivity (Wildman–Crippen MR) is 49.8 cm³/mol. The van der Waals surface area contributed by atoms with Gasteiger partial charge in [0.2, 0.25) is 0 Å². The van der Waals surface area contributed by atoms with Gasteiger partial charge in [-0.2, -0.15) is 8.42 Å². The SMILES string of the molecule is Cc1ccc(CCS(=O)(=O)F)cc1. The Morgan fingerprint density at radius 1 is 1.23 bits per heavy atom. The van der Waals surface area contributed by atoms with Crippen LogP contribution in [0.1, 0.15) is 11.1 Å². The molecule has 0 fully saturated rings. The van der Waals surface area contributed by atoms with Crippen molar-refractivity contribution >= 4 is 10.2 Å². The highest BCUT2D eigenvalue weighted by molar-refractivity contribution is 7.86. The molecule has 0 N–H and O–H groups in total. The third-order valence-corrected chi connectivity index (χ3v) is 2.45. The molecule has 0 heterocycles. The van der Waals surface area contributed by atoms with Gasteiger partial charge >= 0.3 is 10.2 Å². The summed E-state index contributed by atoms with van der Waals surface area (Å²) in [4.78, 5) is 0. The average Bonchev–Trinajstić information content (AvgIpc) is 2.02. The maximum Gasteiger partial charge on any atom is 0.302 e. The fourth-order valence-corrected chi connectivity index (χ4v) is 1.47. The molecule has 1 rings (SSSR count). The quantitative estimate of drug-likeness (QED) is 0.701. The third-order valence-electron chi connectivity index (χ3n) is 1.76. The van der Waals surface area contributed by atoms with Crippen molar-refractivity contribution < 1.29 is 12.3 Å². The molecule has 0 saturated carbocycles. The van der Waals surface area contributed by atoms with Crippen molar-refractivity contribution in [1.29, 1.82) is 0 Å². The molecule has 72 valence electrons. The van der Waals surface area contributed by atoms with Gasteiger partial charge in [-0.1, -0.05) is 29.8 Å². The van der Waals surface area contributed by atoms with Crippen LogP contribution in [0.5, 0.6) is 0 Å². The number of halogens is 1. The maximum absolute atomic E-state index is 12.1. The fourth-order valence-electron chi connectivity index (χ4n) is 0.995. The molecule has 0 saturated heterocycles. The lowest BCUT2D eigenvalue weighted by atomic mass is 10.1. The monoisotopic (exact) mass is 202 g/mol. The second-order valence-electron chi connectivity index (χ2n) is 2.98. The van der Waals surface area contributed by atoms with Crippen LogP contribution in [0.15, 0.2) is 24.3 Å². The van der Waals surface area contributed by atoms with Crippen molar-refractivity contribution in [3.8, 4) is 0 Å². The molecule has 0 unspecified atom stereocenters. The molecule has 1 aromatic rings. The molecule has 0 radical (unpaired) electrons. The molecular formula is C9H11FO2S. The van der Waals surface area contributed by atoms with E-state index in [2.05, 4.69) is 0 Å². The van der Waals surface area contributed by atoms with Crippen molar-refractivity contribution in [2.45, 2.75) is 13.3 Å². The number of hydrogen-bond donors (Lipinski definition) is 0. The molecular weight excluding hydrogens is 191 g/mol. The summed E-state index contributed by atoms with van der Waals surface area (Å²) in [6.45, 7) is 1.94. The standard InChI is InChI=1S/C9H11FO2S/c1-8-2-4-9(5-3-8)6-7-13(10,11)12/h2-5H,6-7H2,1H3. The summed E-state index contributed by atoms with van der Waals surface area (Å²) in [5, 5.41) is 0. The van der Waals surface area contributed by atoms with Crippen LogP contribution in [0.25, 0.3) is 0 Å². The molecule has 0 aliphatic carbocycles. The van der Waals surface area contributed by atoms with E-state index >= 15 is 0 Å². The Bertz CT molecular complexity index is 367. The van der Waals surface area contributed by atoms with Gasteiger partial charge in [-0.05, 0) is 18.9 Å². The van der Waals surface area contributed by atoms with Crippen LogP contribution in [-0.4, -0.2) is 14.2 Å². The Balaban J connectivity index is 2.61. The number of aryl methyl sites for hydroxylation is 2. The Morgan fingerprint density at radius 2 is 1.77 bits per heavy atom. The van der Waals surface area contributed by atoms with Crippen LogP contribution in [0.2, 0.25) is 0 Å². The van der Waals surface area contributed by atoms with E-state index in [9.17, 15) is 12.3 Å². The zero-order valence-corrected chi connectivity index (χ0v) is 8.14. The van der Waals surface area contributed by atoms with Gasteiger partial charge < -0.3 is 0 Å². The highest BCUT2D eigenvalue weighted by Crippen LogP contribution is 2.05. The Hall–Kier alpha value is -0.900. The van der Waals surface area contributed by atoms with Gasteiger partial charge in [0.15, 0.2) is 0 Å². The lowest BCUT2D eigenvalue weighted by molar-refractivity contribution is 0.551. The van der Waals surface area contributed by atoms with Gasteiger partial charge in [-0.25, -0.2) is 0 Å². The normalized spacial score (nSPS) is 11.5. The first-order valence-electron chi connectivity index (χ1n) is 3.95. The third kappa shape index (κ3) is 4.03. The van der Waals surface area contributed by atoms with Gasteiger partial charge in [0, 0.05) is 0 Å². The van der Waals surface area contributed by atoms with Crippen LogP contribution < -0.4 is 0 Å². The summed E-state index contributed by atoms with van der Waals surface area (Å²) in [7, 11) is -4.33. The molecule has 2 nitrogen and oxygen atoms in total. The van der Waals surface area contributed by atoms with E-state index in [0.29, 0.717) is 0 Å². The number of benzene rings is 1. The highest BCUT2D eigenvalue weighted by atomic mass is 32.3. The van der Waals surface area contributed by atoms with Gasteiger partial charge in [-0.3, -0.25) is 0 Å². The van der Waals surface area contributed by atoms with E-state index in [0.717, 1.165) is 11.1 Å². The largest absolute Gasteiger partial charge is 0.302 e. The Kier molecular flexibility index (Phi) is 3.03. The summed E-state index contributed by atoms with van der Waals surface area (Å²) >= 11 is 0. The maximum atomic E-state index is 12.1. The van der Waals surface area contributed by atoms with Gasteiger partial charge in [0.25, 0.3) is 0 Å². The van der Waals surface area contributed by atoms with Crippen molar-refractivity contribution in [3.05, 3.63) is 35.4 Å². The molecule has 0 spiro atoms. The van der Waals surface area contributed by atoms with Gasteiger partial charge in [-0.15, -0.1) is 3.89 Å². The van der Waals surface area contributed by atoms with Crippen LogP contribution in [0.3, 0.4) is 0 Å². The fraction of sp³-hybridized carbons (Fsp3) is 0.333. The summed E-state index contributed by atoms with van der Waals surface area (Å²) in [5.41, 5.74) is 1.94. The first-order valence-corrected chi connectivity index (χ1v) is 5.50. The molecule has 0 bridgehead atoms. The summed E-state index contributed by atoms with van der Waals surface area (Å²) < 4.78 is 32.5. The van der Waals surface area contributed by atoms with Gasteiger partial charge in [0.1, 0.15) is 0 Å². The lowest BCUT2D eigenvalue weighted by Gasteiger charge is -1.98. The smallest absolute Gasteiger partial charge is 0.195 e. The van der Waals surface area contributed by atoms with E-state index in [1.165, 1.54) is 0 Å². The first-order chi connectivity index (χ1) is 5.97. The van der Waals surface area contributed by atoms with Gasteiger partial charge in [0.05, 0.1) is 5.75 Å². The molecule has 4 heteroatoms. The average molecular weight is 202 g/mol. The van der Waals surface area contributed by atoms with Crippen LogP contribution >= 0.6 is 0 Å². The predicted octanol–water partition coefficient (Wildman–Crippen LogP) is 1.84. The summed E-state index contributed by atoms with van der Waals surface area (Å²) in [5.74, 6) is -0.434. The minimum atomic E-state index is -4.33. The first kappa shape index (κ1) is 10.2. The molecule has 0 aromatic heterocycles. The van der Waals surface area contributed by atoms with Crippen molar-refractivity contribution in [1.82, 2.24) is 0 Å².